The van der Waals surface area contributed by atoms with Crippen molar-refractivity contribution in [2.24, 2.45) is 92.3 Å². The number of likely N-dealkylation sites (N-methyl/N-ethyl adjacent to an activating group) is 4. The van der Waals surface area contributed by atoms with Crippen LogP contribution >= 0.6 is 0 Å². The van der Waals surface area contributed by atoms with Crippen molar-refractivity contribution in [3.8, 4) is 0 Å². The molecule has 83 heavy (non-hydrogen) atoms. The molecule has 2 bridgehead atoms. The second kappa shape index (κ2) is 66.8. The molecule has 1 saturated heterocycles. The van der Waals surface area contributed by atoms with Crippen molar-refractivity contribution in [3.05, 3.63) is 144 Å². The number of benzene rings is 2. The average Bonchev–Trinajstić information content (AvgIpc) is 4.27. The summed E-state index contributed by atoms with van der Waals surface area (Å²) < 4.78 is 0. The van der Waals surface area contributed by atoms with Gasteiger partial charge in [-0.3, -0.25) is 9.97 Å². The highest BCUT2D eigenvalue weighted by atomic mass is 15.1. The van der Waals surface area contributed by atoms with E-state index in [9.17, 15) is 0 Å². The number of aromatic nitrogens is 2. The molecule has 22 nitrogen and oxygen atoms in total. The third kappa shape index (κ3) is 56.6. The Morgan fingerprint density at radius 2 is 0.976 bits per heavy atom. The molecule has 1 saturated carbocycles. The molecule has 32 N–H and O–H groups in total. The Balaban J connectivity index is -0.000000421. The van der Waals surface area contributed by atoms with Gasteiger partial charge in [0.25, 0.3) is 0 Å². The van der Waals surface area contributed by atoms with Gasteiger partial charge in [-0.1, -0.05) is 98.8 Å². The zero-order chi connectivity index (χ0) is 63.0. The fourth-order valence-electron chi connectivity index (χ4n) is 6.87. The molecule has 0 amide bonds. The third-order valence-corrected chi connectivity index (χ3v) is 11.8. The molecule has 0 spiro atoms. The molecule has 6 atom stereocenters. The van der Waals surface area contributed by atoms with Crippen molar-refractivity contribution in [3.63, 3.8) is 0 Å². The summed E-state index contributed by atoms with van der Waals surface area (Å²) >= 11 is 0. The number of rotatable bonds is 21. The number of hydrogen-bond donors (Lipinski definition) is 19. The molecule has 22 heteroatoms. The highest BCUT2D eigenvalue weighted by Crippen LogP contribution is 2.36. The first kappa shape index (κ1) is 85.1. The molecular weight excluding hydrogens is 1040 g/mol. The second-order valence-corrected chi connectivity index (χ2v) is 19.8. The van der Waals surface area contributed by atoms with Crippen LogP contribution in [0.5, 0.6) is 0 Å². The van der Waals surface area contributed by atoms with E-state index in [2.05, 4.69) is 97.0 Å². The Hall–Kier alpha value is -4.32. The Labute approximate surface area is 504 Å². The highest BCUT2D eigenvalue weighted by Gasteiger charge is 2.40. The lowest BCUT2D eigenvalue weighted by Gasteiger charge is -2.19. The maximum Gasteiger partial charge on any atom is 0.0573 e. The lowest BCUT2D eigenvalue weighted by molar-refractivity contribution is 0.376. The molecule has 2 aromatic heterocycles. The van der Waals surface area contributed by atoms with E-state index in [-0.39, 0.29) is 24.2 Å². The summed E-state index contributed by atoms with van der Waals surface area (Å²) in [4.78, 5) is 10.2. The zero-order valence-corrected chi connectivity index (χ0v) is 52.7. The maximum atomic E-state index is 5.95. The first-order valence-electron chi connectivity index (χ1n) is 29.8. The molecule has 6 unspecified atom stereocenters. The lowest BCUT2D eigenvalue weighted by Crippen LogP contribution is -2.43. The Bertz CT molecular complexity index is 1760. The molecule has 2 fully saturated rings. The summed E-state index contributed by atoms with van der Waals surface area (Å²) in [5.74, 6) is 1.62. The van der Waals surface area contributed by atoms with Crippen LogP contribution in [0.3, 0.4) is 0 Å². The van der Waals surface area contributed by atoms with E-state index in [0.717, 1.165) is 129 Å². The first-order chi connectivity index (χ1) is 40.1. The predicted molar refractivity (Wildman–Crippen MR) is 359 cm³/mol. The molecule has 2 aromatic carbocycles. The van der Waals surface area contributed by atoms with Gasteiger partial charge in [0, 0.05) is 135 Å². The van der Waals surface area contributed by atoms with Gasteiger partial charge in [-0.25, -0.2) is 0 Å². The van der Waals surface area contributed by atoms with Gasteiger partial charge in [-0.05, 0) is 140 Å². The van der Waals surface area contributed by atoms with Gasteiger partial charge in [-0.15, -0.1) is 0 Å². The fourth-order valence-corrected chi connectivity index (χ4v) is 6.87. The number of nitrogens with zero attached hydrogens (tertiary/aromatic N) is 3. The van der Waals surface area contributed by atoms with Gasteiger partial charge in [-0.2, -0.15) is 0 Å². The first-order valence-corrected chi connectivity index (χ1v) is 29.8. The van der Waals surface area contributed by atoms with Gasteiger partial charge in [0.05, 0.1) is 11.4 Å². The molecule has 0 radical (unpaired) electrons. The van der Waals surface area contributed by atoms with E-state index in [0.29, 0.717) is 43.9 Å². The van der Waals surface area contributed by atoms with Crippen LogP contribution in [0.2, 0.25) is 0 Å². The molecule has 1 aliphatic heterocycles. The number of piperazine rings is 1. The van der Waals surface area contributed by atoms with Gasteiger partial charge >= 0.3 is 0 Å². The van der Waals surface area contributed by atoms with Gasteiger partial charge < -0.3 is 111 Å². The third-order valence-electron chi connectivity index (χ3n) is 11.8. The Kier molecular flexibility index (Phi) is 68.5. The van der Waals surface area contributed by atoms with Crippen LogP contribution in [0, 0.1) is 17.8 Å². The molecule has 3 heterocycles. The van der Waals surface area contributed by atoms with E-state index in [4.69, 9.17) is 74.5 Å². The molecule has 2 aliphatic carbocycles. The summed E-state index contributed by atoms with van der Waals surface area (Å²) in [6.45, 7) is 20.6. The van der Waals surface area contributed by atoms with Gasteiger partial charge in [0.1, 0.15) is 0 Å². The summed E-state index contributed by atoms with van der Waals surface area (Å²) in [5.41, 5.74) is 73.8. The van der Waals surface area contributed by atoms with E-state index in [1.54, 1.807) is 12.4 Å². The van der Waals surface area contributed by atoms with Crippen molar-refractivity contribution in [1.29, 1.82) is 0 Å². The van der Waals surface area contributed by atoms with Crippen LogP contribution in [-0.2, 0) is 13.1 Å². The van der Waals surface area contributed by atoms with E-state index < -0.39 is 0 Å². The molecule has 7 rings (SSSR count). The van der Waals surface area contributed by atoms with Crippen LogP contribution in [0.15, 0.2) is 122 Å². The SMILES string of the molecule is C1CNCCN1.CC(C)C(N)c1ccccn1.CN(C)CC(N)c1ccccc1.CNCCN.CNCCNC.NC1C2C=CC(C2)C1N.NCCCCN.NCCCN.NCCN.NCCNCc1ccccc1.NCc1ccccn1. The summed E-state index contributed by atoms with van der Waals surface area (Å²) in [6.07, 6.45) is 12.2. The number of hydrogen-bond acceptors (Lipinski definition) is 22. The lowest BCUT2D eigenvalue weighted by atomic mass is 9.98. The van der Waals surface area contributed by atoms with Crippen LogP contribution in [0.4, 0.5) is 0 Å². The largest absolute Gasteiger partial charge is 0.330 e. The zero-order valence-electron chi connectivity index (χ0n) is 52.7. The summed E-state index contributed by atoms with van der Waals surface area (Å²) in [7, 11) is 9.83. The van der Waals surface area contributed by atoms with Gasteiger partial charge in [0.15, 0.2) is 0 Å². The molecule has 480 valence electrons. The minimum atomic E-state index is 0.0659. The van der Waals surface area contributed by atoms with E-state index in [1.807, 2.05) is 108 Å². The minimum absolute atomic E-state index is 0.0659. The Morgan fingerprint density at radius 3 is 1.27 bits per heavy atom. The monoisotopic (exact) mass is 1170 g/mol. The fraction of sp³-hybridized carbons (Fsp3) is 0.607. The number of pyridine rings is 2. The number of nitrogens with two attached hydrogens (primary N) is 13. The smallest absolute Gasteiger partial charge is 0.0573 e. The van der Waals surface area contributed by atoms with Crippen molar-refractivity contribution in [2.75, 3.05) is 146 Å². The van der Waals surface area contributed by atoms with Gasteiger partial charge in [0.2, 0.25) is 0 Å². The van der Waals surface area contributed by atoms with Crippen LogP contribution < -0.4 is 106 Å². The summed E-state index contributed by atoms with van der Waals surface area (Å²) in [6, 6.07) is 32.7. The second-order valence-electron chi connectivity index (χ2n) is 19.8. The number of unbranched alkanes of at least 4 members (excludes halogenated alkanes) is 1. The molecule has 3 aliphatic rings. The van der Waals surface area contributed by atoms with E-state index in [1.165, 1.54) is 17.5 Å². The van der Waals surface area contributed by atoms with E-state index >= 15 is 0 Å². The van der Waals surface area contributed by atoms with Crippen molar-refractivity contribution in [2.45, 2.75) is 76.8 Å². The normalized spacial score (nSPS) is 16.3. The number of nitrogens with one attached hydrogen (secondary N) is 6. The van der Waals surface area contributed by atoms with Crippen LogP contribution in [-0.4, -0.2) is 173 Å². The standard InChI is InChI=1S/C10H16N2.2C9H14N2.C7H12N2.C6H8N2.C4H10N2.2C4H12N2.2C3H10N2.C2H8N2/c1-12(2)8-10(11)9-6-4-3-5-7-9;1-7(2)9(10)8-5-3-4-6-11-8;10-6-7-11-8-9-4-2-1-3-5-9;8-6-4-1-2-5(3-4)7(6)9;7-5-6-3-1-2-4-8-6;1-2-6-4-3-5-1;1-5-3-4-6-2;5-3-1-2-4-6;1-5-3-2-4;4-2-1-3-5;3-1-2-4/h3-7,10H,8,11H2,1-2H3;3-7,9H,10H2,1-2H3;1-5,11H,6-8,10H2;1-2,4-7H,3,8-9H2;1-4H,5,7H2;5-6H,1-4H2;5-6H,3-4H2,1-2H3;1-6H2;5H,2-4H2,1H3;1-5H2;1-4H2. The van der Waals surface area contributed by atoms with Crippen molar-refractivity contribution >= 4 is 0 Å². The highest BCUT2D eigenvalue weighted by molar-refractivity contribution is 5.19. The van der Waals surface area contributed by atoms with Crippen molar-refractivity contribution in [1.82, 2.24) is 46.8 Å². The van der Waals surface area contributed by atoms with Crippen molar-refractivity contribution < 1.29 is 0 Å². The predicted octanol–water partition coefficient (Wildman–Crippen LogP) is -0.242. The maximum absolute atomic E-state index is 5.95. The quantitative estimate of drug-likeness (QED) is 0.0378. The number of fused-ring (bicyclic) bond motifs is 2. The minimum Gasteiger partial charge on any atom is -0.330 e. The molecule has 4 aromatic rings. The topological polar surface area (TPSA) is 439 Å². The Morgan fingerprint density at radius 1 is 0.530 bits per heavy atom. The molecular formula is C61H126N22. The summed E-state index contributed by atoms with van der Waals surface area (Å²) in [5, 5.41) is 18.6. The average molecular weight is 1170 g/mol. The van der Waals surface area contributed by atoms with Crippen LogP contribution in [0.1, 0.15) is 74.1 Å². The van der Waals surface area contributed by atoms with Crippen LogP contribution in [0.25, 0.3) is 0 Å².